The maximum absolute atomic E-state index is 2.08. The first-order valence-corrected chi connectivity index (χ1v) is 3.11. The molecule has 0 N–H and O–H groups in total. The van der Waals surface area contributed by atoms with Crippen molar-refractivity contribution in [2.75, 3.05) is 0 Å². The monoisotopic (exact) mass is 126 g/mol. The molecule has 0 aromatic heterocycles. The second-order valence-electron chi connectivity index (χ2n) is 1.91. The van der Waals surface area contributed by atoms with Crippen molar-refractivity contribution in [1.29, 1.82) is 0 Å². The quantitative estimate of drug-likeness (QED) is 0.505. The Kier molecular flexibility index (Phi) is 5.11. The van der Waals surface area contributed by atoms with E-state index in [1.807, 2.05) is 31.2 Å². The van der Waals surface area contributed by atoms with Crippen molar-refractivity contribution in [1.82, 2.24) is 0 Å². The van der Waals surface area contributed by atoms with Gasteiger partial charge < -0.3 is 0 Å². The fourth-order valence-electron chi connectivity index (χ4n) is 0.757. The van der Waals surface area contributed by atoms with E-state index >= 15 is 0 Å². The van der Waals surface area contributed by atoms with Crippen molar-refractivity contribution >= 4 is 24.9 Å². The van der Waals surface area contributed by atoms with Gasteiger partial charge in [0, 0.05) is 0 Å². The van der Waals surface area contributed by atoms with Gasteiger partial charge in [-0.3, -0.25) is 0 Å². The van der Waals surface area contributed by atoms with Crippen molar-refractivity contribution < 1.29 is 0 Å². The zero-order valence-electron chi connectivity index (χ0n) is 5.54. The number of rotatable bonds is 1. The molecule has 0 unspecified atom stereocenters. The Morgan fingerprint density at radius 3 is 2.20 bits per heavy atom. The van der Waals surface area contributed by atoms with Crippen molar-refractivity contribution in [3.05, 3.63) is 42.0 Å². The van der Waals surface area contributed by atoms with Crippen LogP contribution in [0.4, 0.5) is 0 Å². The molecule has 0 fully saturated rings. The third-order valence-corrected chi connectivity index (χ3v) is 1.16. The Bertz CT molecular complexity index is 189. The van der Waals surface area contributed by atoms with E-state index in [0.29, 0.717) is 0 Å². The SMILES string of the molecule is CC=Cc1ccccc1.[LiH]. The Balaban J connectivity index is 0.000000810. The molecule has 0 saturated heterocycles. The molecule has 1 aromatic rings. The average molecular weight is 126 g/mol. The minimum atomic E-state index is 0. The Labute approximate surface area is 74.1 Å². The summed E-state index contributed by atoms with van der Waals surface area (Å²) >= 11 is 0. The third-order valence-electron chi connectivity index (χ3n) is 1.16. The normalized spacial score (nSPS) is 9.30. The van der Waals surface area contributed by atoms with Crippen LogP contribution >= 0.6 is 0 Å². The van der Waals surface area contributed by atoms with Crippen molar-refractivity contribution in [3.8, 4) is 0 Å². The van der Waals surface area contributed by atoms with E-state index < -0.39 is 0 Å². The van der Waals surface area contributed by atoms with Crippen molar-refractivity contribution in [2.24, 2.45) is 0 Å². The zero-order valence-corrected chi connectivity index (χ0v) is 5.54. The van der Waals surface area contributed by atoms with Crippen LogP contribution in [0, 0.1) is 0 Å². The zero-order chi connectivity index (χ0) is 6.53. The topological polar surface area (TPSA) is 0 Å². The molecule has 1 aromatic carbocycles. The van der Waals surface area contributed by atoms with Crippen LogP contribution in [0.1, 0.15) is 12.5 Å². The van der Waals surface area contributed by atoms with Crippen LogP contribution in [-0.4, -0.2) is 18.9 Å². The molecule has 0 spiro atoms. The number of allylic oxidation sites excluding steroid dienone is 1. The molecule has 0 aliphatic rings. The molecule has 0 atom stereocenters. The predicted octanol–water partition coefficient (Wildman–Crippen LogP) is 2.07. The molecule has 0 amide bonds. The van der Waals surface area contributed by atoms with Crippen LogP contribution in [-0.2, 0) is 0 Å². The summed E-state index contributed by atoms with van der Waals surface area (Å²) in [6, 6.07) is 10.3. The van der Waals surface area contributed by atoms with Gasteiger partial charge in [0.15, 0.2) is 0 Å². The van der Waals surface area contributed by atoms with E-state index in [0.717, 1.165) is 0 Å². The minimum absolute atomic E-state index is 0. The van der Waals surface area contributed by atoms with E-state index in [4.69, 9.17) is 0 Å². The summed E-state index contributed by atoms with van der Waals surface area (Å²) in [4.78, 5) is 0. The summed E-state index contributed by atoms with van der Waals surface area (Å²) in [5.41, 5.74) is 1.26. The third kappa shape index (κ3) is 2.92. The first-order valence-electron chi connectivity index (χ1n) is 3.11. The fourth-order valence-corrected chi connectivity index (χ4v) is 0.757. The molecule has 48 valence electrons. The maximum atomic E-state index is 2.08. The molecule has 0 aliphatic heterocycles. The summed E-state index contributed by atoms with van der Waals surface area (Å²) in [5.74, 6) is 0. The van der Waals surface area contributed by atoms with Gasteiger partial charge in [0.25, 0.3) is 0 Å². The van der Waals surface area contributed by atoms with Gasteiger partial charge in [0.1, 0.15) is 0 Å². The van der Waals surface area contributed by atoms with Gasteiger partial charge >= 0.3 is 18.9 Å². The van der Waals surface area contributed by atoms with E-state index in [-0.39, 0.29) is 18.9 Å². The molecule has 1 heteroatoms. The number of hydrogen-bond donors (Lipinski definition) is 0. The summed E-state index contributed by atoms with van der Waals surface area (Å²) < 4.78 is 0. The van der Waals surface area contributed by atoms with Crippen LogP contribution < -0.4 is 0 Å². The number of benzene rings is 1. The van der Waals surface area contributed by atoms with Gasteiger partial charge in [-0.2, -0.15) is 0 Å². The van der Waals surface area contributed by atoms with E-state index in [9.17, 15) is 0 Å². The van der Waals surface area contributed by atoms with Crippen LogP contribution in [0.15, 0.2) is 36.4 Å². The molecule has 0 radical (unpaired) electrons. The number of hydrogen-bond acceptors (Lipinski definition) is 0. The first kappa shape index (κ1) is 9.56. The molecule has 0 saturated carbocycles. The Morgan fingerprint density at radius 2 is 1.70 bits per heavy atom. The molecular formula is C9H11Li. The first-order chi connectivity index (χ1) is 4.43. The summed E-state index contributed by atoms with van der Waals surface area (Å²) in [5, 5.41) is 0. The standard InChI is InChI=1S/C9H10.Li.H/c1-2-6-9-7-4-3-5-8-9;;/h2-8H,1H3;;. The van der Waals surface area contributed by atoms with Gasteiger partial charge in [0.05, 0.1) is 0 Å². The Hall–Kier alpha value is -0.443. The van der Waals surface area contributed by atoms with Crippen molar-refractivity contribution in [3.63, 3.8) is 0 Å². The summed E-state index contributed by atoms with van der Waals surface area (Å²) in [7, 11) is 0. The van der Waals surface area contributed by atoms with Gasteiger partial charge in [-0.15, -0.1) is 0 Å². The molecule has 0 bridgehead atoms. The predicted molar refractivity (Wildman–Crippen MR) is 48.3 cm³/mol. The Morgan fingerprint density at radius 1 is 1.10 bits per heavy atom. The molecule has 0 nitrogen and oxygen atoms in total. The van der Waals surface area contributed by atoms with E-state index in [2.05, 4.69) is 18.2 Å². The average Bonchev–Trinajstić information content (AvgIpc) is 1.91. The van der Waals surface area contributed by atoms with Crippen LogP contribution in [0.3, 0.4) is 0 Å². The van der Waals surface area contributed by atoms with Gasteiger partial charge in [0.2, 0.25) is 0 Å². The van der Waals surface area contributed by atoms with Gasteiger partial charge in [-0.1, -0.05) is 42.5 Å². The van der Waals surface area contributed by atoms with E-state index in [1.165, 1.54) is 5.56 Å². The van der Waals surface area contributed by atoms with Crippen LogP contribution in [0.2, 0.25) is 0 Å². The van der Waals surface area contributed by atoms with Crippen molar-refractivity contribution in [2.45, 2.75) is 6.92 Å². The van der Waals surface area contributed by atoms with Gasteiger partial charge in [-0.05, 0) is 12.5 Å². The second-order valence-corrected chi connectivity index (χ2v) is 1.91. The van der Waals surface area contributed by atoms with Gasteiger partial charge in [-0.25, -0.2) is 0 Å². The van der Waals surface area contributed by atoms with Crippen LogP contribution in [0.25, 0.3) is 6.08 Å². The fraction of sp³-hybridized carbons (Fsp3) is 0.111. The summed E-state index contributed by atoms with van der Waals surface area (Å²) in [6.07, 6.45) is 4.12. The molecular weight excluding hydrogens is 115 g/mol. The van der Waals surface area contributed by atoms with E-state index in [1.54, 1.807) is 0 Å². The second kappa shape index (κ2) is 5.35. The summed E-state index contributed by atoms with van der Waals surface area (Å²) in [6.45, 7) is 2.02. The molecule has 0 aliphatic carbocycles. The molecule has 0 heterocycles. The van der Waals surface area contributed by atoms with Crippen LogP contribution in [0.5, 0.6) is 0 Å². The molecule has 10 heavy (non-hydrogen) atoms. The molecule has 1 rings (SSSR count).